The molecule has 1 aromatic heterocycles. The predicted octanol–water partition coefficient (Wildman–Crippen LogP) is 2.96. The number of aryl methyl sites for hydroxylation is 1. The van der Waals surface area contributed by atoms with E-state index < -0.39 is 0 Å². The molecule has 0 saturated carbocycles. The smallest absolute Gasteiger partial charge is 0.261 e. The molecule has 0 spiro atoms. The van der Waals surface area contributed by atoms with Crippen LogP contribution >= 0.6 is 27.3 Å². The Hall–Kier alpha value is -0.790. The number of halogens is 1. The molecule has 0 aliphatic rings. The molecule has 1 aromatic rings. The van der Waals surface area contributed by atoms with Gasteiger partial charge < -0.3 is 5.32 Å². The topological polar surface area (TPSA) is 29.1 Å². The summed E-state index contributed by atoms with van der Waals surface area (Å²) in [5.74, 6) is 2.46. The van der Waals surface area contributed by atoms with Gasteiger partial charge in [-0.25, -0.2) is 0 Å². The number of carbonyl (C=O) groups is 1. The number of terminal acetylenes is 1. The summed E-state index contributed by atoms with van der Waals surface area (Å²) in [5, 5.41) is 2.85. The van der Waals surface area contributed by atoms with Gasteiger partial charge in [0.1, 0.15) is 0 Å². The van der Waals surface area contributed by atoms with Gasteiger partial charge >= 0.3 is 0 Å². The first kappa shape index (κ1) is 12.3. The molecule has 0 aromatic carbocycles. The molecule has 0 bridgehead atoms. The summed E-state index contributed by atoms with van der Waals surface area (Å²) in [6.07, 6.45) is 5.72. The molecule has 1 unspecified atom stereocenters. The van der Waals surface area contributed by atoms with Crippen LogP contribution in [0.4, 0.5) is 0 Å². The Labute approximate surface area is 102 Å². The lowest BCUT2D eigenvalue weighted by Gasteiger charge is -2.09. The lowest BCUT2D eigenvalue weighted by atomic mass is 10.2. The van der Waals surface area contributed by atoms with Gasteiger partial charge in [-0.2, -0.15) is 0 Å². The zero-order valence-electron chi connectivity index (χ0n) is 8.63. The Balaban J connectivity index is 2.66. The van der Waals surface area contributed by atoms with Gasteiger partial charge in [0.15, 0.2) is 0 Å². The number of hydrogen-bond donors (Lipinski definition) is 1. The molecular weight excluding hydrogens is 274 g/mol. The summed E-state index contributed by atoms with van der Waals surface area (Å²) in [6, 6.07) is 1.89. The minimum absolute atomic E-state index is 0.0173. The van der Waals surface area contributed by atoms with E-state index in [-0.39, 0.29) is 11.9 Å². The third kappa shape index (κ3) is 3.37. The van der Waals surface area contributed by atoms with Crippen LogP contribution in [-0.2, 0) is 0 Å². The molecule has 4 heteroatoms. The highest BCUT2D eigenvalue weighted by Gasteiger charge is 2.12. The van der Waals surface area contributed by atoms with E-state index in [9.17, 15) is 4.79 Å². The van der Waals surface area contributed by atoms with Crippen LogP contribution in [0.1, 0.15) is 28.6 Å². The minimum atomic E-state index is -0.0587. The summed E-state index contributed by atoms with van der Waals surface area (Å²) < 4.78 is 0.997. The van der Waals surface area contributed by atoms with Gasteiger partial charge in [-0.3, -0.25) is 4.79 Å². The van der Waals surface area contributed by atoms with Crippen LogP contribution in [0.25, 0.3) is 0 Å². The van der Waals surface area contributed by atoms with Crippen LogP contribution in [0.5, 0.6) is 0 Å². The van der Waals surface area contributed by atoms with Crippen molar-refractivity contribution in [2.24, 2.45) is 0 Å². The maximum atomic E-state index is 11.7. The van der Waals surface area contributed by atoms with Crippen LogP contribution < -0.4 is 5.32 Å². The SMILES string of the molecule is C#CCC(C)NC(=O)c1cc(C)c(Br)s1. The van der Waals surface area contributed by atoms with Crippen molar-refractivity contribution < 1.29 is 4.79 Å². The average molecular weight is 286 g/mol. The molecule has 1 amide bonds. The van der Waals surface area contributed by atoms with Crippen molar-refractivity contribution in [2.75, 3.05) is 0 Å². The summed E-state index contributed by atoms with van der Waals surface area (Å²) in [7, 11) is 0. The first-order valence-electron chi connectivity index (χ1n) is 4.55. The van der Waals surface area contributed by atoms with Gasteiger partial charge in [-0.05, 0) is 41.4 Å². The molecule has 0 saturated heterocycles. The quantitative estimate of drug-likeness (QED) is 0.850. The largest absolute Gasteiger partial charge is 0.348 e. The number of nitrogens with one attached hydrogen (secondary N) is 1. The van der Waals surface area contributed by atoms with Gasteiger partial charge in [0.2, 0.25) is 0 Å². The van der Waals surface area contributed by atoms with Gasteiger partial charge in [0.05, 0.1) is 8.66 Å². The van der Waals surface area contributed by atoms with Crippen molar-refractivity contribution in [1.82, 2.24) is 5.32 Å². The number of thiophene rings is 1. The van der Waals surface area contributed by atoms with E-state index >= 15 is 0 Å². The van der Waals surface area contributed by atoms with E-state index in [1.807, 2.05) is 19.9 Å². The van der Waals surface area contributed by atoms with Crippen molar-refractivity contribution in [1.29, 1.82) is 0 Å². The van der Waals surface area contributed by atoms with Crippen molar-refractivity contribution in [3.63, 3.8) is 0 Å². The fourth-order valence-electron chi connectivity index (χ4n) is 1.09. The Morgan fingerprint density at radius 3 is 2.93 bits per heavy atom. The Bertz CT molecular complexity index is 386. The van der Waals surface area contributed by atoms with Gasteiger partial charge in [-0.15, -0.1) is 23.7 Å². The molecule has 15 heavy (non-hydrogen) atoms. The molecule has 1 rings (SSSR count). The van der Waals surface area contributed by atoms with Crippen LogP contribution in [-0.4, -0.2) is 11.9 Å². The second-order valence-corrected chi connectivity index (χ2v) is 5.72. The monoisotopic (exact) mass is 285 g/mol. The van der Waals surface area contributed by atoms with Crippen molar-refractivity contribution in [2.45, 2.75) is 26.3 Å². The van der Waals surface area contributed by atoms with Crippen molar-refractivity contribution in [3.05, 3.63) is 20.3 Å². The molecule has 1 heterocycles. The zero-order chi connectivity index (χ0) is 11.4. The predicted molar refractivity (Wildman–Crippen MR) is 67.1 cm³/mol. The standard InChI is InChI=1S/C11H12BrNOS/c1-4-5-8(3)13-11(14)9-6-7(2)10(12)15-9/h1,6,8H,5H2,2-3H3,(H,13,14). The van der Waals surface area contributed by atoms with Gasteiger partial charge in [0, 0.05) is 12.5 Å². The highest BCUT2D eigenvalue weighted by molar-refractivity contribution is 9.11. The van der Waals surface area contributed by atoms with Gasteiger partial charge in [-0.1, -0.05) is 0 Å². The summed E-state index contributed by atoms with van der Waals surface area (Å²) in [5.41, 5.74) is 1.08. The van der Waals surface area contributed by atoms with E-state index in [2.05, 4.69) is 27.2 Å². The number of amides is 1. The van der Waals surface area contributed by atoms with Crippen LogP contribution in [0, 0.1) is 19.3 Å². The van der Waals surface area contributed by atoms with Crippen LogP contribution in [0.3, 0.4) is 0 Å². The first-order valence-corrected chi connectivity index (χ1v) is 6.15. The first-order chi connectivity index (χ1) is 7.04. The fraction of sp³-hybridized carbons (Fsp3) is 0.364. The zero-order valence-corrected chi connectivity index (χ0v) is 11.0. The molecule has 1 N–H and O–H groups in total. The second-order valence-electron chi connectivity index (χ2n) is 3.35. The molecular formula is C11H12BrNOS. The summed E-state index contributed by atoms with van der Waals surface area (Å²) >= 11 is 4.82. The van der Waals surface area contributed by atoms with Gasteiger partial charge in [0.25, 0.3) is 5.91 Å². The summed E-state index contributed by atoms with van der Waals surface area (Å²) in [6.45, 7) is 3.86. The van der Waals surface area contributed by atoms with Crippen molar-refractivity contribution >= 4 is 33.2 Å². The third-order valence-corrected chi connectivity index (χ3v) is 4.02. The lowest BCUT2D eigenvalue weighted by Crippen LogP contribution is -2.31. The Morgan fingerprint density at radius 1 is 1.80 bits per heavy atom. The molecule has 0 fully saturated rings. The number of carbonyl (C=O) groups excluding carboxylic acids is 1. The van der Waals surface area contributed by atoms with Crippen LogP contribution in [0.15, 0.2) is 9.85 Å². The Kier molecular flexibility index (Phi) is 4.37. The Morgan fingerprint density at radius 2 is 2.47 bits per heavy atom. The number of hydrogen-bond acceptors (Lipinski definition) is 2. The molecule has 2 nitrogen and oxygen atoms in total. The second kappa shape index (κ2) is 5.34. The maximum absolute atomic E-state index is 11.7. The van der Waals surface area contributed by atoms with E-state index in [0.29, 0.717) is 11.3 Å². The fourth-order valence-corrected chi connectivity index (χ4v) is 2.53. The van der Waals surface area contributed by atoms with Crippen LogP contribution in [0.2, 0.25) is 0 Å². The molecule has 80 valence electrons. The van der Waals surface area contributed by atoms with E-state index in [0.717, 1.165) is 9.35 Å². The lowest BCUT2D eigenvalue weighted by molar-refractivity contribution is 0.0945. The summed E-state index contributed by atoms with van der Waals surface area (Å²) in [4.78, 5) is 12.4. The van der Waals surface area contributed by atoms with E-state index in [1.165, 1.54) is 11.3 Å². The highest BCUT2D eigenvalue weighted by atomic mass is 79.9. The maximum Gasteiger partial charge on any atom is 0.261 e. The van der Waals surface area contributed by atoms with Crippen molar-refractivity contribution in [3.8, 4) is 12.3 Å². The molecule has 0 aliphatic heterocycles. The van der Waals surface area contributed by atoms with E-state index in [1.54, 1.807) is 0 Å². The van der Waals surface area contributed by atoms with E-state index in [4.69, 9.17) is 6.42 Å². The highest BCUT2D eigenvalue weighted by Crippen LogP contribution is 2.27. The average Bonchev–Trinajstić information content (AvgIpc) is 2.47. The minimum Gasteiger partial charge on any atom is -0.348 e. The molecule has 0 radical (unpaired) electrons. The normalized spacial score (nSPS) is 11.9. The molecule has 1 atom stereocenters. The third-order valence-electron chi connectivity index (χ3n) is 1.88. The number of rotatable bonds is 3. The molecule has 0 aliphatic carbocycles.